The molecule has 0 rings (SSSR count). The van der Waals surface area contributed by atoms with Gasteiger partial charge in [0, 0.05) is 26.7 Å². The Morgan fingerprint density at radius 3 is 2.56 bits per heavy atom. The average molecular weight is 257 g/mol. The van der Waals surface area contributed by atoms with Crippen LogP contribution in [0.4, 0.5) is 0 Å². The molecule has 4 heteroatoms. The highest BCUT2D eigenvalue weighted by atomic mass is 16.5. The number of nitrogens with zero attached hydrogens (tertiary/aromatic N) is 1. The van der Waals surface area contributed by atoms with E-state index in [1.54, 1.807) is 0 Å². The maximum atomic E-state index is 5.28. The number of rotatable bonds is 10. The monoisotopic (exact) mass is 257 g/mol. The van der Waals surface area contributed by atoms with Crippen LogP contribution in [-0.4, -0.2) is 39.3 Å². The highest BCUT2D eigenvalue weighted by Gasteiger charge is 2.06. The van der Waals surface area contributed by atoms with Gasteiger partial charge in [0.2, 0.25) is 0 Å². The van der Waals surface area contributed by atoms with Crippen molar-refractivity contribution in [2.45, 2.75) is 46.5 Å². The molecule has 0 fully saturated rings. The quantitative estimate of drug-likeness (QED) is 0.359. The molecule has 0 aliphatic carbocycles. The SMILES string of the molecule is CCCCC(CC)CNC(=NC)NCCOCC. The summed E-state index contributed by atoms with van der Waals surface area (Å²) in [6, 6.07) is 0. The van der Waals surface area contributed by atoms with Gasteiger partial charge in [-0.1, -0.05) is 33.1 Å². The van der Waals surface area contributed by atoms with Crippen molar-refractivity contribution in [1.82, 2.24) is 10.6 Å². The van der Waals surface area contributed by atoms with E-state index in [0.717, 1.165) is 38.2 Å². The highest BCUT2D eigenvalue weighted by Crippen LogP contribution is 2.10. The van der Waals surface area contributed by atoms with E-state index in [4.69, 9.17) is 4.74 Å². The summed E-state index contributed by atoms with van der Waals surface area (Å²) in [5.74, 6) is 1.63. The van der Waals surface area contributed by atoms with Gasteiger partial charge in [0.05, 0.1) is 6.61 Å². The Labute approximate surface area is 113 Å². The van der Waals surface area contributed by atoms with Crippen LogP contribution in [0, 0.1) is 5.92 Å². The summed E-state index contributed by atoms with van der Waals surface area (Å²) < 4.78 is 5.28. The molecule has 0 spiro atoms. The highest BCUT2D eigenvalue weighted by molar-refractivity contribution is 5.79. The van der Waals surface area contributed by atoms with E-state index in [0.29, 0.717) is 0 Å². The van der Waals surface area contributed by atoms with Crippen LogP contribution in [0.2, 0.25) is 0 Å². The second kappa shape index (κ2) is 12.7. The number of hydrogen-bond donors (Lipinski definition) is 2. The number of guanidine groups is 1. The van der Waals surface area contributed by atoms with Gasteiger partial charge in [-0.2, -0.15) is 0 Å². The zero-order chi connectivity index (χ0) is 13.6. The summed E-state index contributed by atoms with van der Waals surface area (Å²) in [6.45, 7) is 9.81. The largest absolute Gasteiger partial charge is 0.380 e. The predicted octanol–water partition coefficient (Wildman–Crippen LogP) is 2.40. The lowest BCUT2D eigenvalue weighted by molar-refractivity contribution is 0.152. The van der Waals surface area contributed by atoms with Gasteiger partial charge in [0.15, 0.2) is 5.96 Å². The zero-order valence-corrected chi connectivity index (χ0v) is 12.6. The van der Waals surface area contributed by atoms with Crippen LogP contribution in [0.3, 0.4) is 0 Å². The van der Waals surface area contributed by atoms with Crippen LogP contribution in [0.25, 0.3) is 0 Å². The Balaban J connectivity index is 3.76. The molecule has 0 aliphatic heterocycles. The van der Waals surface area contributed by atoms with Crippen LogP contribution in [-0.2, 0) is 4.74 Å². The summed E-state index contributed by atoms with van der Waals surface area (Å²) in [5.41, 5.74) is 0. The maximum absolute atomic E-state index is 5.28. The summed E-state index contributed by atoms with van der Waals surface area (Å²) in [6.07, 6.45) is 5.12. The van der Waals surface area contributed by atoms with Crippen molar-refractivity contribution in [2.24, 2.45) is 10.9 Å². The molecule has 0 aliphatic rings. The molecule has 2 N–H and O–H groups in total. The topological polar surface area (TPSA) is 45.7 Å². The molecule has 1 atom stereocenters. The standard InChI is InChI=1S/C14H31N3O/c1-5-8-9-13(6-2)12-17-14(15-4)16-10-11-18-7-3/h13H,5-12H2,1-4H3,(H2,15,16,17). The molecule has 0 amide bonds. The molecule has 0 saturated carbocycles. The van der Waals surface area contributed by atoms with Crippen LogP contribution in [0.5, 0.6) is 0 Å². The number of ether oxygens (including phenoxy) is 1. The van der Waals surface area contributed by atoms with Crippen molar-refractivity contribution in [3.63, 3.8) is 0 Å². The van der Waals surface area contributed by atoms with Gasteiger partial charge in [-0.3, -0.25) is 4.99 Å². The summed E-state index contributed by atoms with van der Waals surface area (Å²) in [5, 5.41) is 6.64. The van der Waals surface area contributed by atoms with Crippen molar-refractivity contribution < 1.29 is 4.74 Å². The molecule has 0 aromatic heterocycles. The number of hydrogen-bond acceptors (Lipinski definition) is 2. The van der Waals surface area contributed by atoms with E-state index < -0.39 is 0 Å². The van der Waals surface area contributed by atoms with Crippen LogP contribution in [0.15, 0.2) is 4.99 Å². The number of aliphatic imine (C=N–C) groups is 1. The van der Waals surface area contributed by atoms with Gasteiger partial charge in [-0.25, -0.2) is 0 Å². The molecule has 108 valence electrons. The Hall–Kier alpha value is -0.770. The molecule has 0 heterocycles. The molecule has 4 nitrogen and oxygen atoms in total. The van der Waals surface area contributed by atoms with Gasteiger partial charge < -0.3 is 15.4 Å². The normalized spacial score (nSPS) is 13.4. The molecule has 18 heavy (non-hydrogen) atoms. The molecule has 1 unspecified atom stereocenters. The van der Waals surface area contributed by atoms with E-state index in [9.17, 15) is 0 Å². The molecule has 0 aromatic carbocycles. The molecule has 0 bridgehead atoms. The van der Waals surface area contributed by atoms with Crippen LogP contribution < -0.4 is 10.6 Å². The number of nitrogens with one attached hydrogen (secondary N) is 2. The van der Waals surface area contributed by atoms with E-state index in [1.165, 1.54) is 25.7 Å². The zero-order valence-electron chi connectivity index (χ0n) is 12.6. The van der Waals surface area contributed by atoms with E-state index in [2.05, 4.69) is 29.5 Å². The minimum Gasteiger partial charge on any atom is -0.380 e. The predicted molar refractivity (Wildman–Crippen MR) is 79.2 cm³/mol. The van der Waals surface area contributed by atoms with E-state index in [1.807, 2.05) is 14.0 Å². The van der Waals surface area contributed by atoms with Gasteiger partial charge >= 0.3 is 0 Å². The third kappa shape index (κ3) is 9.28. The molecular weight excluding hydrogens is 226 g/mol. The van der Waals surface area contributed by atoms with Crippen molar-refractivity contribution in [3.05, 3.63) is 0 Å². The molecule has 0 radical (unpaired) electrons. The first-order valence-corrected chi connectivity index (χ1v) is 7.30. The lowest BCUT2D eigenvalue weighted by Crippen LogP contribution is -2.41. The summed E-state index contributed by atoms with van der Waals surface area (Å²) in [7, 11) is 1.81. The van der Waals surface area contributed by atoms with Crippen molar-refractivity contribution in [3.8, 4) is 0 Å². The second-order valence-electron chi connectivity index (χ2n) is 4.49. The average Bonchev–Trinajstić information content (AvgIpc) is 2.41. The van der Waals surface area contributed by atoms with Gasteiger partial charge in [0.1, 0.15) is 0 Å². The molecular formula is C14H31N3O. The summed E-state index contributed by atoms with van der Waals surface area (Å²) in [4.78, 5) is 4.21. The van der Waals surface area contributed by atoms with Crippen molar-refractivity contribution in [1.29, 1.82) is 0 Å². The number of unbranched alkanes of at least 4 members (excludes halogenated alkanes) is 1. The van der Waals surface area contributed by atoms with E-state index in [-0.39, 0.29) is 0 Å². The van der Waals surface area contributed by atoms with E-state index >= 15 is 0 Å². The first-order chi connectivity index (χ1) is 8.78. The Kier molecular flexibility index (Phi) is 12.1. The van der Waals surface area contributed by atoms with Crippen LogP contribution >= 0.6 is 0 Å². The lowest BCUT2D eigenvalue weighted by Gasteiger charge is -2.17. The van der Waals surface area contributed by atoms with Crippen molar-refractivity contribution >= 4 is 5.96 Å². The smallest absolute Gasteiger partial charge is 0.191 e. The fourth-order valence-electron chi connectivity index (χ4n) is 1.79. The third-order valence-corrected chi connectivity index (χ3v) is 3.07. The summed E-state index contributed by atoms with van der Waals surface area (Å²) >= 11 is 0. The fraction of sp³-hybridized carbons (Fsp3) is 0.929. The van der Waals surface area contributed by atoms with Gasteiger partial charge in [-0.15, -0.1) is 0 Å². The third-order valence-electron chi connectivity index (χ3n) is 3.07. The van der Waals surface area contributed by atoms with Gasteiger partial charge in [0.25, 0.3) is 0 Å². The minimum atomic E-state index is 0.726. The molecule has 0 saturated heterocycles. The Morgan fingerprint density at radius 1 is 1.22 bits per heavy atom. The fourth-order valence-corrected chi connectivity index (χ4v) is 1.79. The minimum absolute atomic E-state index is 0.726. The molecule has 0 aromatic rings. The second-order valence-corrected chi connectivity index (χ2v) is 4.49. The Bertz CT molecular complexity index is 207. The van der Waals surface area contributed by atoms with Gasteiger partial charge in [-0.05, 0) is 19.3 Å². The van der Waals surface area contributed by atoms with Crippen molar-refractivity contribution in [2.75, 3.05) is 33.4 Å². The lowest BCUT2D eigenvalue weighted by atomic mass is 9.99. The first kappa shape index (κ1) is 17.2. The maximum Gasteiger partial charge on any atom is 0.191 e. The Morgan fingerprint density at radius 2 is 2.00 bits per heavy atom. The van der Waals surface area contributed by atoms with Crippen LogP contribution in [0.1, 0.15) is 46.5 Å². The first-order valence-electron chi connectivity index (χ1n) is 7.30.